The SMILES string of the molecule is Cc1oc2ccc(OCc3ncccc3C(F)F)cc2c1C(=O)O. The fourth-order valence-corrected chi connectivity index (χ4v) is 2.48. The number of ether oxygens (including phenoxy) is 1. The van der Waals surface area contributed by atoms with Crippen molar-refractivity contribution >= 4 is 16.9 Å². The quantitative estimate of drug-likeness (QED) is 0.751. The van der Waals surface area contributed by atoms with Gasteiger partial charge in [0.1, 0.15) is 29.3 Å². The van der Waals surface area contributed by atoms with Gasteiger partial charge in [0.05, 0.1) is 5.69 Å². The number of aromatic carboxylic acids is 1. The van der Waals surface area contributed by atoms with Crippen LogP contribution < -0.4 is 4.74 Å². The summed E-state index contributed by atoms with van der Waals surface area (Å²) in [4.78, 5) is 15.2. The molecule has 0 aliphatic heterocycles. The van der Waals surface area contributed by atoms with Gasteiger partial charge in [-0.1, -0.05) is 0 Å². The zero-order valence-electron chi connectivity index (χ0n) is 12.6. The number of carboxylic acids is 1. The average molecular weight is 333 g/mol. The largest absolute Gasteiger partial charge is 0.487 e. The summed E-state index contributed by atoms with van der Waals surface area (Å²) in [7, 11) is 0. The Balaban J connectivity index is 1.89. The fraction of sp³-hybridized carbons (Fsp3) is 0.176. The van der Waals surface area contributed by atoms with Crippen LogP contribution >= 0.6 is 0 Å². The highest BCUT2D eigenvalue weighted by Crippen LogP contribution is 2.30. The first kappa shape index (κ1) is 15.9. The Hall–Kier alpha value is -2.96. The molecule has 0 radical (unpaired) electrons. The summed E-state index contributed by atoms with van der Waals surface area (Å²) in [6.45, 7) is 1.41. The summed E-state index contributed by atoms with van der Waals surface area (Å²) in [5.41, 5.74) is 0.420. The van der Waals surface area contributed by atoms with Gasteiger partial charge in [-0.05, 0) is 37.3 Å². The van der Waals surface area contributed by atoms with E-state index in [1.807, 2.05) is 0 Å². The molecular weight excluding hydrogens is 320 g/mol. The number of carbonyl (C=O) groups is 1. The van der Waals surface area contributed by atoms with Gasteiger partial charge in [-0.25, -0.2) is 13.6 Å². The monoisotopic (exact) mass is 333 g/mol. The lowest BCUT2D eigenvalue weighted by atomic mass is 10.1. The Kier molecular flexibility index (Phi) is 4.16. The van der Waals surface area contributed by atoms with Crippen LogP contribution in [0.1, 0.15) is 33.8 Å². The number of halogens is 2. The maximum atomic E-state index is 12.9. The summed E-state index contributed by atoms with van der Waals surface area (Å²) < 4.78 is 36.8. The number of nitrogens with zero attached hydrogens (tertiary/aromatic N) is 1. The molecular formula is C17H13F2NO4. The van der Waals surface area contributed by atoms with E-state index < -0.39 is 12.4 Å². The number of hydrogen-bond acceptors (Lipinski definition) is 4. The molecule has 7 heteroatoms. The molecule has 0 bridgehead atoms. The summed E-state index contributed by atoms with van der Waals surface area (Å²) in [5, 5.41) is 9.65. The minimum Gasteiger partial charge on any atom is -0.487 e. The Bertz CT molecular complexity index is 905. The van der Waals surface area contributed by atoms with E-state index in [1.54, 1.807) is 19.1 Å². The van der Waals surface area contributed by atoms with Gasteiger partial charge in [0.15, 0.2) is 0 Å². The summed E-state index contributed by atoms with van der Waals surface area (Å²) in [5.74, 6) is -0.468. The second-order valence-corrected chi connectivity index (χ2v) is 5.13. The van der Waals surface area contributed by atoms with E-state index in [0.717, 1.165) is 0 Å². The molecule has 2 aromatic heterocycles. The third kappa shape index (κ3) is 2.92. The number of fused-ring (bicyclic) bond motifs is 1. The summed E-state index contributed by atoms with van der Waals surface area (Å²) in [6.07, 6.45) is -1.23. The Labute approximate surface area is 135 Å². The molecule has 0 fully saturated rings. The molecule has 0 unspecified atom stereocenters. The molecule has 0 saturated carbocycles. The van der Waals surface area contributed by atoms with Crippen LogP contribution in [0.25, 0.3) is 11.0 Å². The molecule has 2 heterocycles. The Morgan fingerprint density at radius 1 is 1.38 bits per heavy atom. The second-order valence-electron chi connectivity index (χ2n) is 5.13. The van der Waals surface area contributed by atoms with Gasteiger partial charge in [-0.3, -0.25) is 4.98 Å². The van der Waals surface area contributed by atoms with Crippen LogP contribution in [0.5, 0.6) is 5.75 Å². The van der Waals surface area contributed by atoms with Crippen molar-refractivity contribution in [1.82, 2.24) is 4.98 Å². The van der Waals surface area contributed by atoms with Gasteiger partial charge in [0.2, 0.25) is 0 Å². The highest BCUT2D eigenvalue weighted by atomic mass is 19.3. The van der Waals surface area contributed by atoms with Crippen LogP contribution in [0, 0.1) is 6.92 Å². The van der Waals surface area contributed by atoms with E-state index in [0.29, 0.717) is 22.5 Å². The summed E-state index contributed by atoms with van der Waals surface area (Å²) in [6, 6.07) is 7.41. The van der Waals surface area contributed by atoms with Gasteiger partial charge >= 0.3 is 5.97 Å². The van der Waals surface area contributed by atoms with Gasteiger partial charge in [0.25, 0.3) is 6.43 Å². The van der Waals surface area contributed by atoms with Gasteiger partial charge < -0.3 is 14.3 Å². The van der Waals surface area contributed by atoms with Crippen molar-refractivity contribution in [2.45, 2.75) is 20.0 Å². The van der Waals surface area contributed by atoms with Crippen molar-refractivity contribution in [3.63, 3.8) is 0 Å². The number of hydrogen-bond donors (Lipinski definition) is 1. The number of aryl methyl sites for hydroxylation is 1. The van der Waals surface area contributed by atoms with Crippen LogP contribution in [0.2, 0.25) is 0 Å². The van der Waals surface area contributed by atoms with Crippen molar-refractivity contribution in [2.75, 3.05) is 0 Å². The molecule has 0 saturated heterocycles. The number of benzene rings is 1. The van der Waals surface area contributed by atoms with Crippen molar-refractivity contribution in [3.8, 4) is 5.75 Å². The molecule has 5 nitrogen and oxygen atoms in total. The smallest absolute Gasteiger partial charge is 0.339 e. The van der Waals surface area contributed by atoms with Crippen LogP contribution in [0.15, 0.2) is 40.9 Å². The minimum atomic E-state index is -2.64. The molecule has 0 atom stereocenters. The molecule has 0 amide bonds. The number of alkyl halides is 2. The third-order valence-electron chi connectivity index (χ3n) is 3.59. The van der Waals surface area contributed by atoms with E-state index in [1.165, 1.54) is 24.4 Å². The van der Waals surface area contributed by atoms with Gasteiger partial charge in [-0.15, -0.1) is 0 Å². The van der Waals surface area contributed by atoms with Crippen molar-refractivity contribution in [3.05, 3.63) is 59.1 Å². The highest BCUT2D eigenvalue weighted by Gasteiger charge is 2.18. The zero-order chi connectivity index (χ0) is 17.3. The lowest BCUT2D eigenvalue weighted by molar-refractivity contribution is 0.0697. The van der Waals surface area contributed by atoms with Crippen LogP contribution in [-0.4, -0.2) is 16.1 Å². The molecule has 0 aliphatic carbocycles. The number of rotatable bonds is 5. The minimum absolute atomic E-state index is 0.0570. The van der Waals surface area contributed by atoms with Crippen LogP contribution in [-0.2, 0) is 6.61 Å². The molecule has 3 aromatic rings. The first-order valence-electron chi connectivity index (χ1n) is 7.08. The van der Waals surface area contributed by atoms with Crippen LogP contribution in [0.3, 0.4) is 0 Å². The fourth-order valence-electron chi connectivity index (χ4n) is 2.48. The van der Waals surface area contributed by atoms with Crippen molar-refractivity contribution < 1.29 is 27.8 Å². The first-order chi connectivity index (χ1) is 11.5. The van der Waals surface area contributed by atoms with Gasteiger partial charge in [-0.2, -0.15) is 0 Å². The maximum Gasteiger partial charge on any atom is 0.339 e. The maximum absolute atomic E-state index is 12.9. The summed E-state index contributed by atoms with van der Waals surface area (Å²) >= 11 is 0. The molecule has 0 spiro atoms. The number of pyridine rings is 1. The van der Waals surface area contributed by atoms with E-state index >= 15 is 0 Å². The zero-order valence-corrected chi connectivity index (χ0v) is 12.6. The average Bonchev–Trinajstić information content (AvgIpc) is 2.88. The second kappa shape index (κ2) is 6.27. The van der Waals surface area contributed by atoms with Crippen molar-refractivity contribution in [1.29, 1.82) is 0 Å². The third-order valence-corrected chi connectivity index (χ3v) is 3.59. The standard InChI is InChI=1S/C17H13F2NO4/c1-9-15(17(21)22)12-7-10(4-5-14(12)24-9)23-8-13-11(16(18)19)3-2-6-20-13/h2-7,16H,8H2,1H3,(H,21,22). The molecule has 3 rings (SSSR count). The molecule has 124 valence electrons. The Morgan fingerprint density at radius 2 is 2.17 bits per heavy atom. The lowest BCUT2D eigenvalue weighted by Crippen LogP contribution is -2.03. The Morgan fingerprint density at radius 3 is 2.88 bits per heavy atom. The predicted molar refractivity (Wildman–Crippen MR) is 81.4 cm³/mol. The lowest BCUT2D eigenvalue weighted by Gasteiger charge is -2.09. The topological polar surface area (TPSA) is 72.6 Å². The predicted octanol–water partition coefficient (Wildman–Crippen LogP) is 4.35. The van der Waals surface area contributed by atoms with E-state index in [2.05, 4.69) is 4.98 Å². The normalized spacial score (nSPS) is 11.2. The van der Waals surface area contributed by atoms with Gasteiger partial charge in [0, 0.05) is 17.1 Å². The van der Waals surface area contributed by atoms with Crippen molar-refractivity contribution in [2.24, 2.45) is 0 Å². The van der Waals surface area contributed by atoms with E-state index in [9.17, 15) is 18.7 Å². The molecule has 1 N–H and O–H groups in total. The molecule has 24 heavy (non-hydrogen) atoms. The number of carboxylic acid groups (broad SMARTS) is 1. The number of aromatic nitrogens is 1. The molecule has 1 aromatic carbocycles. The van der Waals surface area contributed by atoms with E-state index in [-0.39, 0.29) is 23.4 Å². The molecule has 0 aliphatic rings. The van der Waals surface area contributed by atoms with E-state index in [4.69, 9.17) is 9.15 Å². The number of furan rings is 1. The first-order valence-corrected chi connectivity index (χ1v) is 7.08. The highest BCUT2D eigenvalue weighted by molar-refractivity contribution is 6.03. The van der Waals surface area contributed by atoms with Crippen LogP contribution in [0.4, 0.5) is 8.78 Å².